The predicted molar refractivity (Wildman–Crippen MR) is 98.6 cm³/mol. The first-order valence-corrected chi connectivity index (χ1v) is 10.4. The van der Waals surface area contributed by atoms with Gasteiger partial charge >= 0.3 is 65.1 Å². The molecule has 0 aromatic heterocycles. The number of aliphatic carboxylic acids is 1. The molecule has 2 heterocycles. The van der Waals surface area contributed by atoms with E-state index in [4.69, 9.17) is 0 Å². The minimum Gasteiger partial charge on any atom is -1.00 e. The number of hydrogen-bond acceptors (Lipinski definition) is 6. The Morgan fingerprint density at radius 3 is 2.28 bits per heavy atom. The second-order valence-corrected chi connectivity index (χ2v) is 10.2. The number of thioether (sulfide) groups is 1. The molecule has 1 aromatic carbocycles. The Morgan fingerprint density at radius 2 is 1.79 bits per heavy atom. The van der Waals surface area contributed by atoms with Crippen LogP contribution in [0.25, 0.3) is 0 Å². The molecule has 2 saturated heterocycles. The summed E-state index contributed by atoms with van der Waals surface area (Å²) in [6, 6.07) is 5.31. The van der Waals surface area contributed by atoms with E-state index in [9.17, 15) is 32.5 Å². The predicted octanol–water partition coefficient (Wildman–Crippen LogP) is -5.52. The zero-order chi connectivity index (χ0) is 20.1. The van der Waals surface area contributed by atoms with Crippen molar-refractivity contribution in [2.75, 3.05) is 0 Å². The van der Waals surface area contributed by atoms with Gasteiger partial charge < -0.3 is 18.2 Å². The zero-order valence-electron chi connectivity index (χ0n) is 18.4. The number of benzene rings is 1. The van der Waals surface area contributed by atoms with Crippen LogP contribution in [0.3, 0.4) is 0 Å². The van der Waals surface area contributed by atoms with E-state index in [-0.39, 0.29) is 67.5 Å². The summed E-state index contributed by atoms with van der Waals surface area (Å²) in [6.45, 7) is 3.37. The minimum absolute atomic E-state index is 0. The van der Waals surface area contributed by atoms with E-state index in [0.29, 0.717) is 0 Å². The van der Waals surface area contributed by atoms with Crippen molar-refractivity contribution < 1.29 is 94.4 Å². The summed E-state index contributed by atoms with van der Waals surface area (Å²) < 4.78 is 32.2. The second-order valence-electron chi connectivity index (χ2n) is 6.89. The Hall–Kier alpha value is -0.110. The molecule has 2 amide bonds. The summed E-state index contributed by atoms with van der Waals surface area (Å²) in [7, 11) is -4.77. The van der Waals surface area contributed by atoms with Gasteiger partial charge in [-0.15, -0.1) is 11.8 Å². The van der Waals surface area contributed by atoms with Crippen LogP contribution in [-0.4, -0.2) is 63.0 Å². The Kier molecular flexibility index (Phi) is 8.89. The normalized spacial score (nSPS) is 25.6. The van der Waals surface area contributed by atoms with E-state index in [1.54, 1.807) is 19.9 Å². The van der Waals surface area contributed by atoms with Crippen LogP contribution in [0.5, 0.6) is 0 Å². The van der Waals surface area contributed by atoms with Gasteiger partial charge in [0.1, 0.15) is 17.5 Å². The number of nitrogens with zero attached hydrogens (tertiary/aromatic N) is 1. The van der Waals surface area contributed by atoms with Crippen LogP contribution in [0, 0.1) is 0 Å². The maximum atomic E-state index is 12.6. The summed E-state index contributed by atoms with van der Waals surface area (Å²) in [5.41, 5.74) is 0.0592. The zero-order valence-corrected chi connectivity index (χ0v) is 22.0. The largest absolute Gasteiger partial charge is 1.00 e. The summed E-state index contributed by atoms with van der Waals surface area (Å²) in [6.07, 6.45) is 0. The molecule has 0 spiro atoms. The topological polar surface area (TPSA) is 141 Å². The summed E-state index contributed by atoms with van der Waals surface area (Å²) >= 11 is 1.22. The third-order valence-electron chi connectivity index (χ3n) is 4.61. The molecular formula is C16H20N2Na2O7S2. The van der Waals surface area contributed by atoms with Crippen molar-refractivity contribution in [1.82, 2.24) is 10.2 Å². The standard InChI is InChI=1S/C16H18N2O7S2.2Na.2H/c1-16(2)11(15(21)22)18-13(20)9(14(18)26-16)17-12(19)10(27(23,24)25)8-6-4-3-5-7-8;;;;/h3-7,9-11,14H,1-2H3,(H,17,19)(H,21,22)(H,23,24,25);;;;/q;2*+1;2*-1/t9-,10-,11+,14-;;;;/m1..../s1. The van der Waals surface area contributed by atoms with Crippen molar-refractivity contribution >= 4 is 39.7 Å². The summed E-state index contributed by atoms with van der Waals surface area (Å²) in [5, 5.41) is 9.26. The number of rotatable bonds is 5. The number of hydrogen-bond donors (Lipinski definition) is 3. The van der Waals surface area contributed by atoms with Gasteiger partial charge in [-0.2, -0.15) is 8.42 Å². The average Bonchev–Trinajstić information content (AvgIpc) is 2.81. The molecule has 1 aromatic rings. The molecule has 29 heavy (non-hydrogen) atoms. The number of carboxylic acid groups (broad SMARTS) is 1. The first kappa shape index (κ1) is 26.9. The van der Waals surface area contributed by atoms with Gasteiger partial charge in [-0.3, -0.25) is 14.1 Å². The molecule has 0 unspecified atom stereocenters. The number of nitrogens with one attached hydrogen (secondary N) is 1. The number of carboxylic acids is 1. The van der Waals surface area contributed by atoms with Crippen molar-refractivity contribution in [3.8, 4) is 0 Å². The van der Waals surface area contributed by atoms with Gasteiger partial charge in [-0.1, -0.05) is 30.3 Å². The second kappa shape index (κ2) is 9.58. The molecule has 2 aliphatic rings. The van der Waals surface area contributed by atoms with Crippen molar-refractivity contribution in [3.05, 3.63) is 35.9 Å². The number of carbonyl (C=O) groups is 3. The van der Waals surface area contributed by atoms with Crippen LogP contribution >= 0.6 is 11.8 Å². The Bertz CT molecular complexity index is 922. The van der Waals surface area contributed by atoms with Crippen molar-refractivity contribution in [1.29, 1.82) is 0 Å². The molecule has 0 aliphatic carbocycles. The molecular weight excluding hydrogens is 442 g/mol. The van der Waals surface area contributed by atoms with E-state index < -0.39 is 55.4 Å². The number of carbonyl (C=O) groups excluding carboxylic acids is 2. The van der Waals surface area contributed by atoms with Gasteiger partial charge in [-0.05, 0) is 19.4 Å². The molecule has 0 radical (unpaired) electrons. The van der Waals surface area contributed by atoms with Crippen molar-refractivity contribution in [3.63, 3.8) is 0 Å². The van der Waals surface area contributed by atoms with Crippen LogP contribution in [0.15, 0.2) is 30.3 Å². The third-order valence-corrected chi connectivity index (χ3v) is 7.26. The third kappa shape index (κ3) is 5.04. The molecule has 2 aliphatic heterocycles. The SMILES string of the molecule is CC1(C)S[C@@H]2[C@H](NC(=O)[C@@H](c3ccccc3)S(=O)(=O)O)C(=O)N2[C@H]1C(=O)O.[H-].[H-].[Na+].[Na+]. The first-order valence-electron chi connectivity index (χ1n) is 7.99. The number of amides is 2. The van der Waals surface area contributed by atoms with Crippen LogP contribution in [0.2, 0.25) is 0 Å². The fourth-order valence-corrected chi connectivity index (χ4v) is 5.93. The minimum atomic E-state index is -4.77. The van der Waals surface area contributed by atoms with Gasteiger partial charge in [0.25, 0.3) is 10.1 Å². The van der Waals surface area contributed by atoms with Crippen molar-refractivity contribution in [2.45, 2.75) is 41.3 Å². The molecule has 4 atom stereocenters. The van der Waals surface area contributed by atoms with E-state index in [1.165, 1.54) is 40.9 Å². The Labute approximate surface area is 219 Å². The van der Waals surface area contributed by atoms with Gasteiger partial charge in [-0.25, -0.2) is 4.79 Å². The molecule has 3 rings (SSSR count). The van der Waals surface area contributed by atoms with Crippen LogP contribution in [0.1, 0.15) is 27.5 Å². The quantitative estimate of drug-likeness (QED) is 0.224. The first-order chi connectivity index (χ1) is 12.4. The van der Waals surface area contributed by atoms with Crippen molar-refractivity contribution in [2.24, 2.45) is 0 Å². The number of fused-ring (bicyclic) bond motifs is 1. The van der Waals surface area contributed by atoms with E-state index in [0.717, 1.165) is 0 Å². The molecule has 150 valence electrons. The molecule has 2 fully saturated rings. The molecule has 3 N–H and O–H groups in total. The summed E-state index contributed by atoms with van der Waals surface area (Å²) in [5.74, 6) is -2.78. The van der Waals surface area contributed by atoms with Gasteiger partial charge in [0, 0.05) is 4.75 Å². The Morgan fingerprint density at radius 1 is 1.24 bits per heavy atom. The fourth-order valence-electron chi connectivity index (χ4n) is 3.46. The molecule has 9 nitrogen and oxygen atoms in total. The maximum Gasteiger partial charge on any atom is 1.00 e. The van der Waals surface area contributed by atoms with E-state index in [2.05, 4.69) is 5.32 Å². The molecule has 0 bridgehead atoms. The smallest absolute Gasteiger partial charge is 1.00 e. The van der Waals surface area contributed by atoms with Gasteiger partial charge in [0.05, 0.1) is 0 Å². The van der Waals surface area contributed by atoms with E-state index in [1.807, 2.05) is 0 Å². The number of β-lactam (4-membered cyclic amide) rings is 1. The van der Waals surface area contributed by atoms with Gasteiger partial charge in [0.15, 0.2) is 5.25 Å². The molecule has 13 heteroatoms. The summed E-state index contributed by atoms with van der Waals surface area (Å²) in [4.78, 5) is 37.7. The Balaban J connectivity index is 0. The van der Waals surface area contributed by atoms with E-state index >= 15 is 0 Å². The van der Waals surface area contributed by atoms with Crippen LogP contribution < -0.4 is 64.4 Å². The van der Waals surface area contributed by atoms with Crippen LogP contribution in [-0.2, 0) is 24.5 Å². The van der Waals surface area contributed by atoms with Gasteiger partial charge in [0.2, 0.25) is 11.8 Å². The monoisotopic (exact) mass is 462 g/mol. The fraction of sp³-hybridized carbons (Fsp3) is 0.438. The molecule has 0 saturated carbocycles. The van der Waals surface area contributed by atoms with Crippen LogP contribution in [0.4, 0.5) is 0 Å². The average molecular weight is 462 g/mol. The maximum absolute atomic E-state index is 12.6.